The van der Waals surface area contributed by atoms with E-state index in [1.807, 2.05) is 38.1 Å². The van der Waals surface area contributed by atoms with Crippen LogP contribution in [-0.2, 0) is 14.8 Å². The fourth-order valence-electron chi connectivity index (χ4n) is 3.76. The highest BCUT2D eigenvalue weighted by atomic mass is 32.2. The molecule has 0 spiro atoms. The minimum atomic E-state index is -4.12. The molecule has 3 rings (SSSR count). The second-order valence-electron chi connectivity index (χ2n) is 8.17. The summed E-state index contributed by atoms with van der Waals surface area (Å²) < 4.78 is 44.3. The Morgan fingerprint density at radius 1 is 0.889 bits per heavy atom. The average Bonchev–Trinajstić information content (AvgIpc) is 2.90. The van der Waals surface area contributed by atoms with Crippen LogP contribution in [0.15, 0.2) is 71.6 Å². The molecule has 9 heteroatoms. The lowest BCUT2D eigenvalue weighted by Gasteiger charge is -2.26. The number of aryl methyl sites for hydroxylation is 1. The normalized spacial score (nSPS) is 11.9. The van der Waals surface area contributed by atoms with Gasteiger partial charge >= 0.3 is 0 Å². The van der Waals surface area contributed by atoms with E-state index in [2.05, 4.69) is 5.32 Å². The van der Waals surface area contributed by atoms with Crippen molar-refractivity contribution in [3.05, 3.63) is 77.9 Å². The molecule has 0 unspecified atom stereocenters. The van der Waals surface area contributed by atoms with Gasteiger partial charge in [0, 0.05) is 6.07 Å². The van der Waals surface area contributed by atoms with Crippen LogP contribution in [0.1, 0.15) is 30.5 Å². The first-order chi connectivity index (χ1) is 17.2. The van der Waals surface area contributed by atoms with Crippen LogP contribution < -0.4 is 23.8 Å². The van der Waals surface area contributed by atoms with Crippen molar-refractivity contribution in [3.8, 4) is 17.2 Å². The van der Waals surface area contributed by atoms with Crippen LogP contribution in [-0.4, -0.2) is 42.2 Å². The molecule has 1 atom stereocenters. The van der Waals surface area contributed by atoms with E-state index in [0.717, 1.165) is 15.4 Å². The number of nitrogens with zero attached hydrogens (tertiary/aromatic N) is 1. The maximum absolute atomic E-state index is 13.8. The van der Waals surface area contributed by atoms with E-state index in [9.17, 15) is 13.2 Å². The molecule has 0 radical (unpaired) electrons. The van der Waals surface area contributed by atoms with Crippen LogP contribution >= 0.6 is 0 Å². The van der Waals surface area contributed by atoms with Crippen LogP contribution in [0.4, 0.5) is 5.69 Å². The summed E-state index contributed by atoms with van der Waals surface area (Å²) in [5.74, 6) is 0.965. The number of methoxy groups -OCH3 is 3. The van der Waals surface area contributed by atoms with Gasteiger partial charge in [-0.2, -0.15) is 0 Å². The lowest BCUT2D eigenvalue weighted by Crippen LogP contribution is -2.42. The standard InChI is InChI=1S/C27H32N2O6S/c1-6-24(20-9-13-22(33-3)14-10-20)28-27(30)18-29(21-11-7-19(2)8-12-21)36(31,32)23-15-16-25(34-4)26(17-23)35-5/h7-17,24H,6,18H2,1-5H3,(H,28,30)/t24-/m0/s1. The van der Waals surface area contributed by atoms with E-state index in [1.54, 1.807) is 31.4 Å². The number of rotatable bonds is 11. The molecule has 0 fully saturated rings. The van der Waals surface area contributed by atoms with Crippen LogP contribution in [0.3, 0.4) is 0 Å². The summed E-state index contributed by atoms with van der Waals surface area (Å²) in [6.45, 7) is 3.46. The first kappa shape index (κ1) is 26.9. The van der Waals surface area contributed by atoms with Gasteiger partial charge in [-0.3, -0.25) is 9.10 Å². The Balaban J connectivity index is 1.93. The van der Waals surface area contributed by atoms with E-state index in [1.165, 1.54) is 32.4 Å². The first-order valence-electron chi connectivity index (χ1n) is 11.5. The van der Waals surface area contributed by atoms with Gasteiger partial charge < -0.3 is 19.5 Å². The number of sulfonamides is 1. The van der Waals surface area contributed by atoms with E-state index in [4.69, 9.17) is 14.2 Å². The highest BCUT2D eigenvalue weighted by molar-refractivity contribution is 7.92. The van der Waals surface area contributed by atoms with E-state index >= 15 is 0 Å². The Morgan fingerprint density at radius 2 is 1.53 bits per heavy atom. The van der Waals surface area contributed by atoms with Crippen LogP contribution in [0.2, 0.25) is 0 Å². The van der Waals surface area contributed by atoms with Crippen molar-refractivity contribution >= 4 is 21.6 Å². The van der Waals surface area contributed by atoms with Gasteiger partial charge in [0.2, 0.25) is 5.91 Å². The van der Waals surface area contributed by atoms with Gasteiger partial charge in [-0.1, -0.05) is 36.8 Å². The summed E-state index contributed by atoms with van der Waals surface area (Å²) in [6.07, 6.45) is 0.630. The molecule has 36 heavy (non-hydrogen) atoms. The third-order valence-corrected chi connectivity index (χ3v) is 7.58. The van der Waals surface area contributed by atoms with E-state index in [-0.39, 0.29) is 16.7 Å². The number of ether oxygens (including phenoxy) is 3. The zero-order valence-electron chi connectivity index (χ0n) is 21.1. The van der Waals surface area contributed by atoms with Gasteiger partial charge in [0.1, 0.15) is 12.3 Å². The molecule has 192 valence electrons. The topological polar surface area (TPSA) is 94.2 Å². The fourth-order valence-corrected chi connectivity index (χ4v) is 5.19. The van der Waals surface area contributed by atoms with Gasteiger partial charge in [-0.25, -0.2) is 8.42 Å². The van der Waals surface area contributed by atoms with E-state index in [0.29, 0.717) is 23.6 Å². The molecule has 3 aromatic rings. The van der Waals surface area contributed by atoms with Crippen molar-refractivity contribution in [2.24, 2.45) is 0 Å². The number of benzene rings is 3. The minimum absolute atomic E-state index is 0.0179. The van der Waals surface area contributed by atoms with Gasteiger partial charge in [-0.15, -0.1) is 0 Å². The summed E-state index contributed by atoms with van der Waals surface area (Å²) in [5, 5.41) is 2.97. The van der Waals surface area contributed by atoms with Crippen LogP contribution in [0.25, 0.3) is 0 Å². The largest absolute Gasteiger partial charge is 0.497 e. The summed E-state index contributed by atoms with van der Waals surface area (Å²) in [5.41, 5.74) is 2.25. The summed E-state index contributed by atoms with van der Waals surface area (Å²) >= 11 is 0. The predicted octanol–water partition coefficient (Wildman–Crippen LogP) is 4.48. The number of nitrogens with one attached hydrogen (secondary N) is 1. The smallest absolute Gasteiger partial charge is 0.264 e. The third kappa shape index (κ3) is 6.09. The Morgan fingerprint density at radius 3 is 2.08 bits per heavy atom. The molecule has 0 heterocycles. The molecule has 0 aliphatic rings. The van der Waals surface area contributed by atoms with Gasteiger partial charge in [0.25, 0.3) is 10.0 Å². The molecule has 0 aliphatic heterocycles. The maximum Gasteiger partial charge on any atom is 0.264 e. The molecule has 0 bridgehead atoms. The number of amides is 1. The Hall–Kier alpha value is -3.72. The lowest BCUT2D eigenvalue weighted by atomic mass is 10.0. The number of hydrogen-bond acceptors (Lipinski definition) is 6. The summed E-state index contributed by atoms with van der Waals surface area (Å²) in [4.78, 5) is 13.2. The number of carbonyl (C=O) groups excluding carboxylic acids is 1. The highest BCUT2D eigenvalue weighted by Crippen LogP contribution is 2.32. The molecule has 0 aromatic heterocycles. The third-order valence-electron chi connectivity index (χ3n) is 5.81. The van der Waals surface area contributed by atoms with Gasteiger partial charge in [-0.05, 0) is 55.3 Å². The molecule has 1 N–H and O–H groups in total. The van der Waals surface area contributed by atoms with Crippen LogP contribution in [0, 0.1) is 6.92 Å². The Bertz CT molecular complexity index is 1270. The monoisotopic (exact) mass is 512 g/mol. The minimum Gasteiger partial charge on any atom is -0.497 e. The maximum atomic E-state index is 13.8. The van der Waals surface area contributed by atoms with Crippen molar-refractivity contribution in [1.82, 2.24) is 5.32 Å². The summed E-state index contributed by atoms with van der Waals surface area (Å²) in [7, 11) is 0.383. The van der Waals surface area contributed by atoms with Crippen molar-refractivity contribution in [3.63, 3.8) is 0 Å². The number of carbonyl (C=O) groups is 1. The second-order valence-corrected chi connectivity index (χ2v) is 10.0. The Labute approximate surface area is 212 Å². The zero-order chi connectivity index (χ0) is 26.3. The summed E-state index contributed by atoms with van der Waals surface area (Å²) in [6, 6.07) is 18.4. The fraction of sp³-hybridized carbons (Fsp3) is 0.296. The lowest BCUT2D eigenvalue weighted by molar-refractivity contribution is -0.120. The van der Waals surface area contributed by atoms with Gasteiger partial charge in [0.15, 0.2) is 11.5 Å². The molecule has 0 saturated carbocycles. The van der Waals surface area contributed by atoms with Crippen molar-refractivity contribution < 1.29 is 27.4 Å². The second kappa shape index (κ2) is 11.8. The number of anilines is 1. The first-order valence-corrected chi connectivity index (χ1v) is 12.9. The number of hydrogen-bond donors (Lipinski definition) is 1. The molecule has 8 nitrogen and oxygen atoms in total. The molecule has 3 aromatic carbocycles. The van der Waals surface area contributed by atoms with Crippen molar-refractivity contribution in [2.45, 2.75) is 31.2 Å². The van der Waals surface area contributed by atoms with Crippen molar-refractivity contribution in [2.75, 3.05) is 32.2 Å². The molecular formula is C27H32N2O6S. The van der Waals surface area contributed by atoms with Crippen molar-refractivity contribution in [1.29, 1.82) is 0 Å². The molecule has 0 saturated heterocycles. The molecule has 0 aliphatic carbocycles. The predicted molar refractivity (Wildman–Crippen MR) is 139 cm³/mol. The highest BCUT2D eigenvalue weighted by Gasteiger charge is 2.29. The zero-order valence-corrected chi connectivity index (χ0v) is 22.0. The van der Waals surface area contributed by atoms with Gasteiger partial charge in [0.05, 0.1) is 38.0 Å². The van der Waals surface area contributed by atoms with Crippen LogP contribution in [0.5, 0.6) is 17.2 Å². The quantitative estimate of drug-likeness (QED) is 0.407. The SMILES string of the molecule is CC[C@H](NC(=O)CN(c1ccc(C)cc1)S(=O)(=O)c1ccc(OC)c(OC)c1)c1ccc(OC)cc1. The Kier molecular flexibility index (Phi) is 8.82. The van der Waals surface area contributed by atoms with E-state index < -0.39 is 22.5 Å². The average molecular weight is 513 g/mol. The molecular weight excluding hydrogens is 480 g/mol. The molecule has 1 amide bonds.